The molecule has 0 N–H and O–H groups in total. The van der Waals surface area contributed by atoms with E-state index in [4.69, 9.17) is 0 Å². The van der Waals surface area contributed by atoms with Gasteiger partial charge < -0.3 is 18.9 Å². The molecule has 0 aliphatic carbocycles. The Morgan fingerprint density at radius 3 is 1.45 bits per heavy atom. The van der Waals surface area contributed by atoms with Crippen molar-refractivity contribution in [2.24, 2.45) is 14.1 Å². The summed E-state index contributed by atoms with van der Waals surface area (Å²) < 4.78 is 4.19. The van der Waals surface area contributed by atoms with E-state index in [0.717, 1.165) is 50.9 Å². The van der Waals surface area contributed by atoms with Crippen LogP contribution >= 0.6 is 0 Å². The number of rotatable bonds is 2. The summed E-state index contributed by atoms with van der Waals surface area (Å²) in [7, 11) is 4.11. The standard InChI is InChI=1S/C14H22N6/c1-17-11-5-15-13(17)19-7-3-9-20(10-4-8-19)14-16-6-12-18(14)2/h5-6,11-12H,3-4,7-10H2,1-2H3. The third-order valence-electron chi connectivity index (χ3n) is 3.87. The number of hydrogen-bond acceptors (Lipinski definition) is 4. The molecule has 1 aliphatic rings. The van der Waals surface area contributed by atoms with Crippen LogP contribution in [0.25, 0.3) is 0 Å². The zero-order valence-electron chi connectivity index (χ0n) is 12.2. The van der Waals surface area contributed by atoms with E-state index in [1.807, 2.05) is 24.8 Å². The van der Waals surface area contributed by atoms with E-state index in [1.54, 1.807) is 0 Å². The molecular formula is C14H22N6. The van der Waals surface area contributed by atoms with Gasteiger partial charge in [0.25, 0.3) is 0 Å². The largest absolute Gasteiger partial charge is 0.342 e. The molecule has 0 saturated carbocycles. The van der Waals surface area contributed by atoms with Crippen LogP contribution in [0.1, 0.15) is 12.8 Å². The third-order valence-corrected chi connectivity index (χ3v) is 3.87. The second kappa shape index (κ2) is 5.56. The molecule has 2 aromatic rings. The van der Waals surface area contributed by atoms with Gasteiger partial charge in [0, 0.05) is 65.1 Å². The van der Waals surface area contributed by atoms with E-state index in [0.29, 0.717) is 0 Å². The van der Waals surface area contributed by atoms with Gasteiger partial charge in [-0.15, -0.1) is 0 Å². The van der Waals surface area contributed by atoms with Crippen molar-refractivity contribution in [3.63, 3.8) is 0 Å². The van der Waals surface area contributed by atoms with Crippen LogP contribution in [-0.4, -0.2) is 45.3 Å². The Morgan fingerprint density at radius 1 is 0.750 bits per heavy atom. The van der Waals surface area contributed by atoms with Crippen molar-refractivity contribution in [1.29, 1.82) is 0 Å². The smallest absolute Gasteiger partial charge is 0.205 e. The minimum Gasteiger partial charge on any atom is -0.342 e. The number of nitrogens with zero attached hydrogens (tertiary/aromatic N) is 6. The van der Waals surface area contributed by atoms with Crippen LogP contribution in [0.15, 0.2) is 24.8 Å². The summed E-state index contributed by atoms with van der Waals surface area (Å²) in [6, 6.07) is 0. The first-order valence-corrected chi connectivity index (χ1v) is 7.20. The Balaban J connectivity index is 1.65. The summed E-state index contributed by atoms with van der Waals surface area (Å²) in [5.74, 6) is 2.16. The molecule has 2 aromatic heterocycles. The van der Waals surface area contributed by atoms with Crippen molar-refractivity contribution in [3.05, 3.63) is 24.8 Å². The summed E-state index contributed by atoms with van der Waals surface area (Å²) in [6.07, 6.45) is 10.0. The van der Waals surface area contributed by atoms with Gasteiger partial charge in [0.15, 0.2) is 0 Å². The molecule has 20 heavy (non-hydrogen) atoms. The average Bonchev–Trinajstić information content (AvgIpc) is 2.99. The van der Waals surface area contributed by atoms with Gasteiger partial charge in [-0.1, -0.05) is 0 Å². The Hall–Kier alpha value is -1.98. The Kier molecular flexibility index (Phi) is 3.62. The summed E-state index contributed by atoms with van der Waals surface area (Å²) in [5.41, 5.74) is 0. The second-order valence-electron chi connectivity index (χ2n) is 5.36. The molecule has 0 unspecified atom stereocenters. The Morgan fingerprint density at radius 2 is 1.15 bits per heavy atom. The third kappa shape index (κ3) is 2.50. The van der Waals surface area contributed by atoms with Gasteiger partial charge in [-0.3, -0.25) is 0 Å². The highest BCUT2D eigenvalue weighted by atomic mass is 15.3. The zero-order valence-corrected chi connectivity index (χ0v) is 12.2. The Labute approximate surface area is 119 Å². The first-order valence-electron chi connectivity index (χ1n) is 7.20. The van der Waals surface area contributed by atoms with E-state index < -0.39 is 0 Å². The lowest BCUT2D eigenvalue weighted by Crippen LogP contribution is -2.38. The highest BCUT2D eigenvalue weighted by Crippen LogP contribution is 2.17. The van der Waals surface area contributed by atoms with Gasteiger partial charge in [0.1, 0.15) is 0 Å². The van der Waals surface area contributed by atoms with Crippen molar-refractivity contribution in [1.82, 2.24) is 19.1 Å². The van der Waals surface area contributed by atoms with E-state index in [-0.39, 0.29) is 0 Å². The zero-order chi connectivity index (χ0) is 13.9. The lowest BCUT2D eigenvalue weighted by molar-refractivity contribution is 0.589. The average molecular weight is 274 g/mol. The van der Waals surface area contributed by atoms with Crippen LogP contribution in [-0.2, 0) is 14.1 Å². The maximum atomic E-state index is 4.45. The highest BCUT2D eigenvalue weighted by molar-refractivity contribution is 5.34. The molecule has 108 valence electrons. The lowest BCUT2D eigenvalue weighted by Gasteiger charge is -2.31. The van der Waals surface area contributed by atoms with Crippen molar-refractivity contribution in [2.75, 3.05) is 36.0 Å². The van der Waals surface area contributed by atoms with Crippen LogP contribution in [0.4, 0.5) is 11.9 Å². The van der Waals surface area contributed by atoms with Crippen molar-refractivity contribution in [2.45, 2.75) is 12.8 Å². The molecule has 0 spiro atoms. The van der Waals surface area contributed by atoms with E-state index in [9.17, 15) is 0 Å². The number of aromatic nitrogens is 4. The number of imidazole rings is 2. The predicted octanol–water partition coefficient (Wildman–Crippen LogP) is 1.26. The number of anilines is 2. The van der Waals surface area contributed by atoms with Crippen LogP contribution in [0, 0.1) is 0 Å². The van der Waals surface area contributed by atoms with Gasteiger partial charge in [-0.25, -0.2) is 9.97 Å². The number of aryl methyl sites for hydroxylation is 2. The molecule has 1 fully saturated rings. The molecule has 0 radical (unpaired) electrons. The maximum Gasteiger partial charge on any atom is 0.205 e. The quantitative estimate of drug-likeness (QED) is 0.827. The minimum atomic E-state index is 1.05. The Bertz CT molecular complexity index is 499. The lowest BCUT2D eigenvalue weighted by atomic mass is 10.2. The molecule has 6 heteroatoms. The summed E-state index contributed by atoms with van der Waals surface area (Å²) in [5, 5.41) is 0. The van der Waals surface area contributed by atoms with Gasteiger partial charge in [-0.05, 0) is 12.8 Å². The molecule has 6 nitrogen and oxygen atoms in total. The maximum absolute atomic E-state index is 4.45. The normalized spacial score (nSPS) is 17.1. The van der Waals surface area contributed by atoms with E-state index in [2.05, 4.69) is 43.0 Å². The summed E-state index contributed by atoms with van der Waals surface area (Å²) >= 11 is 0. The molecule has 0 amide bonds. The molecule has 3 rings (SSSR count). The van der Waals surface area contributed by atoms with Crippen molar-refractivity contribution in [3.8, 4) is 0 Å². The van der Waals surface area contributed by atoms with Crippen LogP contribution in [0.3, 0.4) is 0 Å². The topological polar surface area (TPSA) is 42.1 Å². The fourth-order valence-electron chi connectivity index (χ4n) is 2.85. The fourth-order valence-corrected chi connectivity index (χ4v) is 2.85. The SMILES string of the molecule is Cn1ccnc1N1CCCN(c2nccn2C)CCC1. The van der Waals surface area contributed by atoms with Gasteiger partial charge in [0.05, 0.1) is 0 Å². The molecule has 3 heterocycles. The van der Waals surface area contributed by atoms with Crippen LogP contribution in [0.5, 0.6) is 0 Å². The van der Waals surface area contributed by atoms with Crippen LogP contribution < -0.4 is 9.80 Å². The molecule has 1 aliphatic heterocycles. The molecule has 0 bridgehead atoms. The second-order valence-corrected chi connectivity index (χ2v) is 5.36. The number of hydrogen-bond donors (Lipinski definition) is 0. The molecule has 0 atom stereocenters. The van der Waals surface area contributed by atoms with Crippen molar-refractivity contribution < 1.29 is 0 Å². The van der Waals surface area contributed by atoms with Gasteiger partial charge in [-0.2, -0.15) is 0 Å². The minimum absolute atomic E-state index is 1.05. The summed E-state index contributed by atoms with van der Waals surface area (Å²) in [6.45, 7) is 4.19. The van der Waals surface area contributed by atoms with Crippen molar-refractivity contribution >= 4 is 11.9 Å². The summed E-state index contributed by atoms with van der Waals surface area (Å²) in [4.78, 5) is 13.7. The first kappa shape index (κ1) is 13.0. The fraction of sp³-hybridized carbons (Fsp3) is 0.571. The van der Waals surface area contributed by atoms with Gasteiger partial charge >= 0.3 is 0 Å². The van der Waals surface area contributed by atoms with E-state index >= 15 is 0 Å². The van der Waals surface area contributed by atoms with E-state index in [1.165, 1.54) is 0 Å². The van der Waals surface area contributed by atoms with Crippen LogP contribution in [0.2, 0.25) is 0 Å². The van der Waals surface area contributed by atoms with Gasteiger partial charge in [0.2, 0.25) is 11.9 Å². The monoisotopic (exact) mass is 274 g/mol. The molecule has 1 saturated heterocycles. The predicted molar refractivity (Wildman–Crippen MR) is 80.1 cm³/mol. The molecular weight excluding hydrogens is 252 g/mol. The highest BCUT2D eigenvalue weighted by Gasteiger charge is 2.17. The first-order chi connectivity index (χ1) is 9.75. The molecule has 0 aromatic carbocycles.